The minimum atomic E-state index is 0.419. The molecule has 0 aromatic carbocycles. The summed E-state index contributed by atoms with van der Waals surface area (Å²) in [5.74, 6) is 0. The van der Waals surface area contributed by atoms with Gasteiger partial charge in [-0.1, -0.05) is 12.5 Å². The Morgan fingerprint density at radius 1 is 1.27 bits per heavy atom. The topological polar surface area (TPSA) is 9.23 Å². The van der Waals surface area contributed by atoms with Crippen molar-refractivity contribution < 1.29 is 4.74 Å². The van der Waals surface area contributed by atoms with Crippen molar-refractivity contribution in [1.82, 2.24) is 0 Å². The molecule has 1 saturated carbocycles. The highest BCUT2D eigenvalue weighted by molar-refractivity contribution is 5.19. The highest BCUT2D eigenvalue weighted by atomic mass is 16.5. The Hall–Kier alpha value is -0.720. The normalized spacial score (nSPS) is 29.8. The zero-order valence-electron chi connectivity index (χ0n) is 6.75. The molecule has 0 saturated heterocycles. The van der Waals surface area contributed by atoms with Crippen LogP contribution in [0.1, 0.15) is 32.1 Å². The predicted molar refractivity (Wildman–Crippen MR) is 45.2 cm³/mol. The van der Waals surface area contributed by atoms with Crippen molar-refractivity contribution in [3.05, 3.63) is 24.0 Å². The monoisotopic (exact) mass is 150 g/mol. The molecule has 1 aliphatic carbocycles. The lowest BCUT2D eigenvalue weighted by Crippen LogP contribution is -2.13. The Labute approximate surface area is 67.7 Å². The Kier molecular flexibility index (Phi) is 1.97. The van der Waals surface area contributed by atoms with Crippen molar-refractivity contribution in [2.24, 2.45) is 0 Å². The van der Waals surface area contributed by atoms with Gasteiger partial charge in [0.2, 0.25) is 0 Å². The fraction of sp³-hybridized carbons (Fsp3) is 0.600. The molecule has 2 aliphatic rings. The maximum atomic E-state index is 5.51. The summed E-state index contributed by atoms with van der Waals surface area (Å²) >= 11 is 0. The smallest absolute Gasteiger partial charge is 0.119 e. The molecule has 0 spiro atoms. The predicted octanol–water partition coefficient (Wildman–Crippen LogP) is 2.79. The van der Waals surface area contributed by atoms with Crippen LogP contribution < -0.4 is 0 Å². The first-order valence-electron chi connectivity index (χ1n) is 4.48. The lowest BCUT2D eigenvalue weighted by Gasteiger charge is -2.19. The second-order valence-electron chi connectivity index (χ2n) is 3.29. The van der Waals surface area contributed by atoms with Crippen LogP contribution in [0, 0.1) is 0 Å². The lowest BCUT2D eigenvalue weighted by molar-refractivity contribution is 0.162. The van der Waals surface area contributed by atoms with E-state index in [0.29, 0.717) is 6.10 Å². The Balaban J connectivity index is 2.11. The van der Waals surface area contributed by atoms with Crippen molar-refractivity contribution in [2.45, 2.75) is 38.2 Å². The first-order chi connectivity index (χ1) is 5.47. The van der Waals surface area contributed by atoms with Gasteiger partial charge < -0.3 is 4.74 Å². The average Bonchev–Trinajstić information content (AvgIpc) is 2.28. The van der Waals surface area contributed by atoms with Crippen LogP contribution in [-0.4, -0.2) is 6.10 Å². The minimum absolute atomic E-state index is 0.419. The molecule has 0 amide bonds. The molecule has 1 aliphatic heterocycles. The second kappa shape index (κ2) is 3.12. The fourth-order valence-corrected chi connectivity index (χ4v) is 1.83. The summed E-state index contributed by atoms with van der Waals surface area (Å²) in [5.41, 5.74) is 1.50. The molecule has 1 nitrogen and oxygen atoms in total. The third-order valence-corrected chi connectivity index (χ3v) is 2.48. The average molecular weight is 150 g/mol. The molecule has 1 atom stereocenters. The zero-order chi connectivity index (χ0) is 7.52. The molecule has 0 aromatic rings. The summed E-state index contributed by atoms with van der Waals surface area (Å²) in [6.45, 7) is 0. The molecule has 11 heavy (non-hydrogen) atoms. The third kappa shape index (κ3) is 1.47. The molecule has 1 heterocycles. The Bertz CT molecular complexity index is 191. The van der Waals surface area contributed by atoms with E-state index in [2.05, 4.69) is 6.08 Å². The van der Waals surface area contributed by atoms with Gasteiger partial charge in [0.15, 0.2) is 0 Å². The molecule has 0 radical (unpaired) electrons. The van der Waals surface area contributed by atoms with Gasteiger partial charge >= 0.3 is 0 Å². The number of rotatable bonds is 0. The highest BCUT2D eigenvalue weighted by Gasteiger charge is 2.18. The molecule has 1 heteroatoms. The number of hydrogen-bond acceptors (Lipinski definition) is 1. The zero-order valence-corrected chi connectivity index (χ0v) is 6.75. The molecular formula is C10H14O. The molecule has 1 unspecified atom stereocenters. The summed E-state index contributed by atoms with van der Waals surface area (Å²) < 4.78 is 5.51. The first kappa shape index (κ1) is 6.96. The van der Waals surface area contributed by atoms with Crippen LogP contribution in [0.2, 0.25) is 0 Å². The number of allylic oxidation sites excluding steroid dienone is 2. The lowest BCUT2D eigenvalue weighted by atomic mass is 10.0. The van der Waals surface area contributed by atoms with Gasteiger partial charge in [-0.15, -0.1) is 0 Å². The van der Waals surface area contributed by atoms with E-state index in [-0.39, 0.29) is 0 Å². The van der Waals surface area contributed by atoms with Crippen molar-refractivity contribution >= 4 is 0 Å². The van der Waals surface area contributed by atoms with E-state index in [1.165, 1.54) is 37.7 Å². The van der Waals surface area contributed by atoms with Gasteiger partial charge in [-0.2, -0.15) is 0 Å². The Morgan fingerprint density at radius 2 is 2.27 bits per heavy atom. The van der Waals surface area contributed by atoms with Crippen molar-refractivity contribution in [1.29, 1.82) is 0 Å². The number of fused-ring (bicyclic) bond motifs is 1. The summed E-state index contributed by atoms with van der Waals surface area (Å²) in [5, 5.41) is 0. The van der Waals surface area contributed by atoms with E-state index in [9.17, 15) is 0 Å². The quantitative estimate of drug-likeness (QED) is 0.516. The third-order valence-electron chi connectivity index (χ3n) is 2.48. The molecule has 0 N–H and O–H groups in total. The van der Waals surface area contributed by atoms with E-state index < -0.39 is 0 Å². The van der Waals surface area contributed by atoms with Gasteiger partial charge in [-0.25, -0.2) is 0 Å². The van der Waals surface area contributed by atoms with E-state index in [1.54, 1.807) is 0 Å². The molecule has 2 rings (SSSR count). The Morgan fingerprint density at radius 3 is 3.27 bits per heavy atom. The van der Waals surface area contributed by atoms with Gasteiger partial charge in [0.1, 0.15) is 6.10 Å². The molecule has 1 fully saturated rings. The molecule has 0 aromatic heterocycles. The number of ether oxygens (including phenoxy) is 1. The first-order valence-corrected chi connectivity index (χ1v) is 4.48. The molecule has 0 bridgehead atoms. The molecule has 60 valence electrons. The van der Waals surface area contributed by atoms with Gasteiger partial charge in [0.25, 0.3) is 0 Å². The largest absolute Gasteiger partial charge is 0.494 e. The molecular weight excluding hydrogens is 136 g/mol. The van der Waals surface area contributed by atoms with Gasteiger partial charge in [0, 0.05) is 0 Å². The van der Waals surface area contributed by atoms with E-state index >= 15 is 0 Å². The summed E-state index contributed by atoms with van der Waals surface area (Å²) in [4.78, 5) is 0. The minimum Gasteiger partial charge on any atom is -0.494 e. The van der Waals surface area contributed by atoms with Crippen molar-refractivity contribution in [3.8, 4) is 0 Å². The van der Waals surface area contributed by atoms with Gasteiger partial charge in [-0.3, -0.25) is 0 Å². The van der Waals surface area contributed by atoms with Gasteiger partial charge in [0.05, 0.1) is 6.26 Å². The SMILES string of the molecule is C1=COC2CCCCCC2=C1. The van der Waals surface area contributed by atoms with Crippen LogP contribution in [-0.2, 0) is 4.74 Å². The maximum Gasteiger partial charge on any atom is 0.119 e. The second-order valence-corrected chi connectivity index (χ2v) is 3.29. The van der Waals surface area contributed by atoms with Crippen LogP contribution >= 0.6 is 0 Å². The van der Waals surface area contributed by atoms with Gasteiger partial charge in [-0.05, 0) is 37.3 Å². The van der Waals surface area contributed by atoms with Crippen LogP contribution in [0.3, 0.4) is 0 Å². The van der Waals surface area contributed by atoms with E-state index in [1.807, 2.05) is 12.3 Å². The summed E-state index contributed by atoms with van der Waals surface area (Å²) in [6.07, 6.45) is 13.0. The summed E-state index contributed by atoms with van der Waals surface area (Å²) in [6, 6.07) is 0. The van der Waals surface area contributed by atoms with Crippen LogP contribution in [0.15, 0.2) is 24.0 Å². The van der Waals surface area contributed by atoms with E-state index in [4.69, 9.17) is 4.74 Å². The van der Waals surface area contributed by atoms with Crippen LogP contribution in [0.25, 0.3) is 0 Å². The summed E-state index contributed by atoms with van der Waals surface area (Å²) in [7, 11) is 0. The van der Waals surface area contributed by atoms with Crippen LogP contribution in [0.4, 0.5) is 0 Å². The maximum absolute atomic E-state index is 5.51. The highest BCUT2D eigenvalue weighted by Crippen LogP contribution is 2.27. The van der Waals surface area contributed by atoms with Crippen LogP contribution in [0.5, 0.6) is 0 Å². The van der Waals surface area contributed by atoms with Crippen molar-refractivity contribution in [3.63, 3.8) is 0 Å². The number of hydrogen-bond donors (Lipinski definition) is 0. The standard InChI is InChI=1S/C10H14O/c1-2-5-9-6-4-8-11-10(9)7-3-1/h4,6,8,10H,1-3,5,7H2. The fourth-order valence-electron chi connectivity index (χ4n) is 1.83. The van der Waals surface area contributed by atoms with E-state index in [0.717, 1.165) is 0 Å². The van der Waals surface area contributed by atoms with Crippen molar-refractivity contribution in [2.75, 3.05) is 0 Å².